The fourth-order valence-corrected chi connectivity index (χ4v) is 2.82. The monoisotopic (exact) mass is 343 g/mol. The van der Waals surface area contributed by atoms with Crippen LogP contribution in [0.25, 0.3) is 0 Å². The summed E-state index contributed by atoms with van der Waals surface area (Å²) in [5.74, 6) is -4.78. The number of hydrogen-bond donors (Lipinski definition) is 0. The summed E-state index contributed by atoms with van der Waals surface area (Å²) in [6, 6.07) is 2.38. The number of alkyl halides is 4. The highest BCUT2D eigenvalue weighted by atomic mass is 31.2. The van der Waals surface area contributed by atoms with Crippen LogP contribution in [0.15, 0.2) is 24.3 Å². The van der Waals surface area contributed by atoms with E-state index in [1.54, 1.807) is 0 Å². The minimum atomic E-state index is -5.00. The van der Waals surface area contributed by atoms with Crippen LogP contribution in [-0.2, 0) is 15.0 Å². The van der Waals surface area contributed by atoms with Crippen molar-refractivity contribution in [2.45, 2.75) is 25.9 Å². The summed E-state index contributed by atoms with van der Waals surface area (Å²) >= 11 is 0. The topological polar surface area (TPSA) is 69.4 Å². The van der Waals surface area contributed by atoms with Gasteiger partial charge in [0.1, 0.15) is 0 Å². The van der Waals surface area contributed by atoms with Gasteiger partial charge in [-0.25, -0.2) is 0 Å². The molecule has 0 spiro atoms. The molecular formula is C12H14F4NO4P. The number of rotatable bonds is 7. The average molecular weight is 343 g/mol. The summed E-state index contributed by atoms with van der Waals surface area (Å²) in [6.45, 7) is 2.59. The van der Waals surface area contributed by atoms with Gasteiger partial charge >= 0.3 is 12.0 Å². The molecule has 0 unspecified atom stereocenters. The van der Waals surface area contributed by atoms with Gasteiger partial charge in [0.2, 0.25) is 7.37 Å². The van der Waals surface area contributed by atoms with E-state index >= 15 is 0 Å². The van der Waals surface area contributed by atoms with Gasteiger partial charge in [0.05, 0.1) is 4.92 Å². The van der Waals surface area contributed by atoms with E-state index in [0.717, 1.165) is 0 Å². The Bertz CT molecular complexity index is 583. The number of nitro groups is 1. The van der Waals surface area contributed by atoms with Gasteiger partial charge < -0.3 is 0 Å². The molecule has 0 saturated carbocycles. The summed E-state index contributed by atoms with van der Waals surface area (Å²) < 4.78 is 71.1. The van der Waals surface area contributed by atoms with Crippen molar-refractivity contribution in [1.29, 1.82) is 0 Å². The Labute approximate surface area is 123 Å². The van der Waals surface area contributed by atoms with E-state index in [1.807, 2.05) is 0 Å². The molecule has 0 aliphatic heterocycles. The Kier molecular flexibility index (Phi) is 5.35. The maximum Gasteiger partial charge on any atom is 0.429 e. The lowest BCUT2D eigenvalue weighted by atomic mass is 10.1. The van der Waals surface area contributed by atoms with Crippen molar-refractivity contribution in [1.82, 2.24) is 0 Å². The van der Waals surface area contributed by atoms with Crippen molar-refractivity contribution in [3.63, 3.8) is 0 Å². The van der Waals surface area contributed by atoms with Crippen molar-refractivity contribution in [2.75, 3.05) is 12.3 Å². The van der Waals surface area contributed by atoms with Crippen molar-refractivity contribution < 1.29 is 31.6 Å². The Balaban J connectivity index is 3.15. The third-order valence-corrected chi connectivity index (χ3v) is 5.54. The summed E-state index contributed by atoms with van der Waals surface area (Å²) in [5.41, 5.74) is -1.68. The van der Waals surface area contributed by atoms with Gasteiger partial charge in [-0.3, -0.25) is 19.2 Å². The lowest BCUT2D eigenvalue weighted by Crippen LogP contribution is -2.40. The van der Waals surface area contributed by atoms with Crippen LogP contribution in [0.2, 0.25) is 0 Å². The first kappa shape index (κ1) is 18.6. The maximum absolute atomic E-state index is 13.9. The highest BCUT2D eigenvalue weighted by molar-refractivity contribution is 7.58. The summed E-state index contributed by atoms with van der Waals surface area (Å²) in [6.07, 6.45) is -5.62. The number of halogens is 4. The molecule has 0 N–H and O–H groups in total. The molecule has 0 fully saturated rings. The minimum Gasteiger partial charge on any atom is -0.293 e. The Morgan fingerprint density at radius 3 is 1.95 bits per heavy atom. The van der Waals surface area contributed by atoms with Crippen molar-refractivity contribution in [3.8, 4) is 0 Å². The number of hydrogen-bond acceptors (Lipinski definition) is 4. The normalized spacial score (nSPS) is 13.2. The van der Waals surface area contributed by atoms with E-state index < -0.39 is 35.6 Å². The molecule has 124 valence electrons. The number of nitro benzene ring substituents is 1. The molecule has 1 aromatic rings. The van der Waals surface area contributed by atoms with Crippen LogP contribution in [0, 0.1) is 10.1 Å². The van der Waals surface area contributed by atoms with Crippen LogP contribution in [-0.4, -0.2) is 23.4 Å². The van der Waals surface area contributed by atoms with Crippen molar-refractivity contribution in [3.05, 3.63) is 39.9 Å². The van der Waals surface area contributed by atoms with E-state index in [2.05, 4.69) is 4.52 Å². The smallest absolute Gasteiger partial charge is 0.293 e. The Morgan fingerprint density at radius 2 is 1.59 bits per heavy atom. The van der Waals surface area contributed by atoms with Crippen LogP contribution >= 0.6 is 7.37 Å². The maximum atomic E-state index is 13.9. The van der Waals surface area contributed by atoms with E-state index in [-0.39, 0.29) is 12.3 Å². The van der Waals surface area contributed by atoms with E-state index in [1.165, 1.54) is 13.8 Å². The minimum absolute atomic E-state index is 0.310. The SMILES string of the molecule is CCP(=O)(CC)OC(F)(F)C(F)(F)c1ccc([N+](=O)[O-])cc1. The van der Waals surface area contributed by atoms with Crippen LogP contribution in [0.4, 0.5) is 23.2 Å². The Hall–Kier alpha value is -1.47. The standard InChI is InChI=1S/C12H14F4NO4P/c1-3-22(20,4-2)21-12(15,16)11(13,14)9-5-7-10(8-6-9)17(18)19/h5-8H,3-4H2,1-2H3. The average Bonchev–Trinajstić information content (AvgIpc) is 2.46. The predicted molar refractivity (Wildman–Crippen MR) is 71.7 cm³/mol. The first-order valence-electron chi connectivity index (χ1n) is 6.28. The van der Waals surface area contributed by atoms with Crippen LogP contribution in [0.3, 0.4) is 0 Å². The fourth-order valence-electron chi connectivity index (χ4n) is 1.58. The molecule has 0 heterocycles. The molecule has 0 aromatic heterocycles. The second-order valence-corrected chi connectivity index (χ2v) is 7.51. The number of non-ortho nitro benzene ring substituents is 1. The molecule has 0 aliphatic carbocycles. The van der Waals surface area contributed by atoms with Gasteiger partial charge in [0.15, 0.2) is 0 Å². The van der Waals surface area contributed by atoms with Crippen molar-refractivity contribution >= 4 is 13.1 Å². The van der Waals surface area contributed by atoms with Crippen molar-refractivity contribution in [2.24, 2.45) is 0 Å². The first-order chi connectivity index (χ1) is 9.99. The summed E-state index contributed by atoms with van der Waals surface area (Å²) in [7, 11) is -3.88. The highest BCUT2D eigenvalue weighted by Crippen LogP contribution is 2.56. The molecule has 0 atom stereocenters. The summed E-state index contributed by atoms with van der Waals surface area (Å²) in [4.78, 5) is 9.58. The van der Waals surface area contributed by atoms with Gasteiger partial charge in [-0.1, -0.05) is 13.8 Å². The second-order valence-electron chi connectivity index (χ2n) is 4.43. The molecule has 0 radical (unpaired) electrons. The zero-order valence-corrected chi connectivity index (χ0v) is 12.7. The second kappa shape index (κ2) is 6.34. The van der Waals surface area contributed by atoms with Gasteiger partial charge in [-0.15, -0.1) is 0 Å². The largest absolute Gasteiger partial charge is 0.429 e. The molecule has 5 nitrogen and oxygen atoms in total. The van der Waals surface area contributed by atoms with E-state index in [4.69, 9.17) is 0 Å². The third-order valence-electron chi connectivity index (χ3n) is 3.05. The highest BCUT2D eigenvalue weighted by Gasteiger charge is 2.61. The van der Waals surface area contributed by atoms with Crippen LogP contribution < -0.4 is 0 Å². The molecule has 0 saturated heterocycles. The van der Waals surface area contributed by atoms with Gasteiger partial charge in [-0.2, -0.15) is 17.6 Å². The van der Waals surface area contributed by atoms with Gasteiger partial charge in [-0.05, 0) is 12.1 Å². The fraction of sp³-hybridized carbons (Fsp3) is 0.500. The quantitative estimate of drug-likeness (QED) is 0.314. The van der Waals surface area contributed by atoms with Crippen LogP contribution in [0.1, 0.15) is 19.4 Å². The molecule has 0 amide bonds. The Morgan fingerprint density at radius 1 is 1.14 bits per heavy atom. The summed E-state index contributed by atoms with van der Waals surface area (Å²) in [5, 5.41) is 10.4. The van der Waals surface area contributed by atoms with E-state index in [9.17, 15) is 32.2 Å². The molecule has 22 heavy (non-hydrogen) atoms. The van der Waals surface area contributed by atoms with Crippen LogP contribution in [0.5, 0.6) is 0 Å². The molecule has 0 aliphatic rings. The lowest BCUT2D eigenvalue weighted by molar-refractivity contribution is -0.385. The third kappa shape index (κ3) is 3.64. The molecule has 1 rings (SSSR count). The zero-order chi connectivity index (χ0) is 17.2. The molecule has 10 heteroatoms. The number of nitrogens with zero attached hydrogens (tertiary/aromatic N) is 1. The first-order valence-corrected chi connectivity index (χ1v) is 8.28. The van der Waals surface area contributed by atoms with Gasteiger partial charge in [0.25, 0.3) is 5.69 Å². The number of benzene rings is 1. The molecule has 1 aromatic carbocycles. The molecular weight excluding hydrogens is 329 g/mol. The molecule has 0 bridgehead atoms. The lowest BCUT2D eigenvalue weighted by Gasteiger charge is -2.29. The van der Waals surface area contributed by atoms with E-state index in [0.29, 0.717) is 24.3 Å². The zero-order valence-electron chi connectivity index (χ0n) is 11.8. The predicted octanol–water partition coefficient (Wildman–Crippen LogP) is 4.61. The van der Waals surface area contributed by atoms with Gasteiger partial charge in [0, 0.05) is 30.0 Å².